The molecular formula is C18H15N3O4S. The van der Waals surface area contributed by atoms with E-state index in [1.165, 1.54) is 18.4 Å². The summed E-state index contributed by atoms with van der Waals surface area (Å²) < 4.78 is 5.06. The van der Waals surface area contributed by atoms with E-state index >= 15 is 0 Å². The van der Waals surface area contributed by atoms with E-state index in [4.69, 9.17) is 4.74 Å². The standard InChI is InChI=1S/C18H15N3O4S/c1-19-18(24)21-16(22)10-25-17(23)12-9-14(15-7-4-8-26-15)20-13-6-3-2-5-11(12)13/h2-9H,10H2,1H3,(H2,19,21,22,24). The van der Waals surface area contributed by atoms with Crippen molar-refractivity contribution in [2.24, 2.45) is 0 Å². The Balaban J connectivity index is 1.87. The second-order valence-electron chi connectivity index (χ2n) is 5.25. The van der Waals surface area contributed by atoms with Crippen molar-refractivity contribution in [3.05, 3.63) is 53.4 Å². The van der Waals surface area contributed by atoms with Gasteiger partial charge in [-0.2, -0.15) is 0 Å². The van der Waals surface area contributed by atoms with Gasteiger partial charge in [-0.3, -0.25) is 10.1 Å². The van der Waals surface area contributed by atoms with E-state index < -0.39 is 24.5 Å². The van der Waals surface area contributed by atoms with Crippen molar-refractivity contribution in [2.75, 3.05) is 13.7 Å². The average molecular weight is 369 g/mol. The van der Waals surface area contributed by atoms with Crippen molar-refractivity contribution in [1.82, 2.24) is 15.6 Å². The van der Waals surface area contributed by atoms with Crippen molar-refractivity contribution in [1.29, 1.82) is 0 Å². The predicted octanol–water partition coefficient (Wildman–Crippen LogP) is 2.58. The van der Waals surface area contributed by atoms with Gasteiger partial charge in [0.05, 0.1) is 21.7 Å². The van der Waals surface area contributed by atoms with E-state index in [0.29, 0.717) is 22.2 Å². The normalized spacial score (nSPS) is 10.3. The number of esters is 1. The van der Waals surface area contributed by atoms with Crippen LogP contribution >= 0.6 is 11.3 Å². The molecule has 0 saturated carbocycles. The van der Waals surface area contributed by atoms with Crippen LogP contribution in [0.2, 0.25) is 0 Å². The molecule has 2 heterocycles. The first-order valence-electron chi connectivity index (χ1n) is 7.71. The lowest BCUT2D eigenvalue weighted by Crippen LogP contribution is -2.39. The molecule has 0 atom stereocenters. The first-order valence-corrected chi connectivity index (χ1v) is 8.59. The topological polar surface area (TPSA) is 97.4 Å². The zero-order valence-corrected chi connectivity index (χ0v) is 14.6. The quantitative estimate of drug-likeness (QED) is 0.689. The molecule has 0 unspecified atom stereocenters. The Bertz CT molecular complexity index is 970. The Morgan fingerprint density at radius 2 is 1.96 bits per heavy atom. The Kier molecular flexibility index (Phi) is 5.23. The summed E-state index contributed by atoms with van der Waals surface area (Å²) in [4.78, 5) is 40.7. The first-order chi connectivity index (χ1) is 12.6. The van der Waals surface area contributed by atoms with E-state index in [0.717, 1.165) is 4.88 Å². The smallest absolute Gasteiger partial charge is 0.339 e. The van der Waals surface area contributed by atoms with Gasteiger partial charge in [0.2, 0.25) is 0 Å². The van der Waals surface area contributed by atoms with Crippen LogP contribution in [0.4, 0.5) is 4.79 Å². The number of para-hydroxylation sites is 1. The molecule has 7 nitrogen and oxygen atoms in total. The van der Waals surface area contributed by atoms with Crippen LogP contribution in [0.25, 0.3) is 21.5 Å². The van der Waals surface area contributed by atoms with E-state index in [9.17, 15) is 14.4 Å². The van der Waals surface area contributed by atoms with E-state index in [2.05, 4.69) is 10.3 Å². The molecule has 0 saturated heterocycles. The fourth-order valence-corrected chi connectivity index (χ4v) is 3.02. The number of aromatic nitrogens is 1. The number of carbonyl (C=O) groups excluding carboxylic acids is 3. The van der Waals surface area contributed by atoms with Gasteiger partial charge in [0.15, 0.2) is 6.61 Å². The van der Waals surface area contributed by atoms with Gasteiger partial charge in [0.1, 0.15) is 0 Å². The van der Waals surface area contributed by atoms with Gasteiger partial charge < -0.3 is 10.1 Å². The van der Waals surface area contributed by atoms with Gasteiger partial charge in [0, 0.05) is 12.4 Å². The number of nitrogens with zero attached hydrogens (tertiary/aromatic N) is 1. The molecule has 0 radical (unpaired) electrons. The van der Waals surface area contributed by atoms with Crippen molar-refractivity contribution >= 4 is 40.1 Å². The maximum Gasteiger partial charge on any atom is 0.339 e. The second-order valence-corrected chi connectivity index (χ2v) is 6.20. The molecule has 8 heteroatoms. The van der Waals surface area contributed by atoms with Gasteiger partial charge in [-0.05, 0) is 23.6 Å². The summed E-state index contributed by atoms with van der Waals surface area (Å²) in [5.74, 6) is -1.37. The summed E-state index contributed by atoms with van der Waals surface area (Å²) in [5, 5.41) is 6.83. The number of carbonyl (C=O) groups is 3. The third kappa shape index (κ3) is 3.86. The molecule has 3 amide bonds. The highest BCUT2D eigenvalue weighted by atomic mass is 32.1. The number of benzene rings is 1. The molecule has 3 rings (SSSR count). The molecule has 0 fully saturated rings. The molecular weight excluding hydrogens is 354 g/mol. The maximum atomic E-state index is 12.5. The van der Waals surface area contributed by atoms with Gasteiger partial charge in [-0.15, -0.1) is 11.3 Å². The highest BCUT2D eigenvalue weighted by Gasteiger charge is 2.17. The third-order valence-electron chi connectivity index (χ3n) is 3.52. The Morgan fingerprint density at radius 3 is 2.69 bits per heavy atom. The minimum Gasteiger partial charge on any atom is -0.452 e. The zero-order chi connectivity index (χ0) is 18.5. The zero-order valence-electron chi connectivity index (χ0n) is 13.8. The number of hydrogen-bond acceptors (Lipinski definition) is 6. The number of ether oxygens (including phenoxy) is 1. The molecule has 0 aliphatic rings. The predicted molar refractivity (Wildman–Crippen MR) is 97.9 cm³/mol. The van der Waals surface area contributed by atoms with Crippen LogP contribution in [0, 0.1) is 0 Å². The highest BCUT2D eigenvalue weighted by Crippen LogP contribution is 2.28. The minimum absolute atomic E-state index is 0.312. The van der Waals surface area contributed by atoms with E-state index in [-0.39, 0.29) is 0 Å². The summed E-state index contributed by atoms with van der Waals surface area (Å²) in [7, 11) is 1.38. The number of rotatable bonds is 4. The molecule has 0 bridgehead atoms. The third-order valence-corrected chi connectivity index (χ3v) is 4.42. The molecule has 0 aliphatic carbocycles. The van der Waals surface area contributed by atoms with Crippen molar-refractivity contribution in [3.8, 4) is 10.6 Å². The first kappa shape index (κ1) is 17.6. The van der Waals surface area contributed by atoms with Crippen molar-refractivity contribution in [2.45, 2.75) is 0 Å². The van der Waals surface area contributed by atoms with E-state index in [1.807, 2.05) is 35.0 Å². The minimum atomic E-state index is -0.713. The van der Waals surface area contributed by atoms with Crippen LogP contribution < -0.4 is 10.6 Å². The van der Waals surface area contributed by atoms with Gasteiger partial charge in [0.25, 0.3) is 5.91 Å². The Morgan fingerprint density at radius 1 is 1.15 bits per heavy atom. The highest BCUT2D eigenvalue weighted by molar-refractivity contribution is 7.13. The van der Waals surface area contributed by atoms with Crippen LogP contribution in [0.1, 0.15) is 10.4 Å². The summed E-state index contributed by atoms with van der Waals surface area (Å²) >= 11 is 1.51. The number of fused-ring (bicyclic) bond motifs is 1. The summed E-state index contributed by atoms with van der Waals surface area (Å²) in [5.41, 5.74) is 1.62. The number of urea groups is 1. The molecule has 26 heavy (non-hydrogen) atoms. The lowest BCUT2D eigenvalue weighted by Gasteiger charge is -2.09. The van der Waals surface area contributed by atoms with Crippen LogP contribution in [0.5, 0.6) is 0 Å². The van der Waals surface area contributed by atoms with Gasteiger partial charge >= 0.3 is 12.0 Å². The van der Waals surface area contributed by atoms with Crippen LogP contribution in [-0.2, 0) is 9.53 Å². The lowest BCUT2D eigenvalue weighted by atomic mass is 10.1. The number of thiophene rings is 1. The number of imide groups is 1. The molecule has 0 spiro atoms. The SMILES string of the molecule is CNC(=O)NC(=O)COC(=O)c1cc(-c2cccs2)nc2ccccc12. The molecule has 132 valence electrons. The molecule has 3 aromatic rings. The molecule has 2 N–H and O–H groups in total. The average Bonchev–Trinajstić information content (AvgIpc) is 3.20. The molecule has 2 aromatic heterocycles. The monoisotopic (exact) mass is 369 g/mol. The fraction of sp³-hybridized carbons (Fsp3) is 0.111. The second kappa shape index (κ2) is 7.75. The number of amides is 3. The van der Waals surface area contributed by atoms with Gasteiger partial charge in [-0.25, -0.2) is 14.6 Å². The summed E-state index contributed by atoms with van der Waals surface area (Å²) in [6, 6.07) is 12.0. The number of hydrogen-bond donors (Lipinski definition) is 2. The van der Waals surface area contributed by atoms with Crippen LogP contribution in [0.15, 0.2) is 47.8 Å². The largest absolute Gasteiger partial charge is 0.452 e. The van der Waals surface area contributed by atoms with Crippen LogP contribution in [-0.4, -0.2) is 36.5 Å². The van der Waals surface area contributed by atoms with Gasteiger partial charge in [-0.1, -0.05) is 24.3 Å². The summed E-state index contributed by atoms with van der Waals surface area (Å²) in [6.07, 6.45) is 0. The van der Waals surface area contributed by atoms with Crippen molar-refractivity contribution < 1.29 is 19.1 Å². The number of pyridine rings is 1. The molecule has 1 aromatic carbocycles. The van der Waals surface area contributed by atoms with Crippen molar-refractivity contribution in [3.63, 3.8) is 0 Å². The van der Waals surface area contributed by atoms with Crippen LogP contribution in [0.3, 0.4) is 0 Å². The fourth-order valence-electron chi connectivity index (χ4n) is 2.33. The lowest BCUT2D eigenvalue weighted by molar-refractivity contribution is -0.123. The van der Waals surface area contributed by atoms with E-state index in [1.54, 1.807) is 18.2 Å². The summed E-state index contributed by atoms with van der Waals surface area (Å²) in [6.45, 7) is -0.558. The number of nitrogens with one attached hydrogen (secondary N) is 2. The molecule has 0 aliphatic heterocycles. The Labute approximate surface area is 153 Å². The Hall–Kier alpha value is -3.26. The maximum absolute atomic E-state index is 12.5.